The van der Waals surface area contributed by atoms with Crippen molar-refractivity contribution in [3.8, 4) is 0 Å². The maximum atomic E-state index is 12.4. The van der Waals surface area contributed by atoms with Crippen LogP contribution in [0.2, 0.25) is 5.02 Å². The Morgan fingerprint density at radius 3 is 2.45 bits per heavy atom. The number of amides is 1. The summed E-state index contributed by atoms with van der Waals surface area (Å²) in [5, 5.41) is 0.760. The Morgan fingerprint density at radius 1 is 1.18 bits per heavy atom. The van der Waals surface area contributed by atoms with E-state index >= 15 is 0 Å². The quantitative estimate of drug-likeness (QED) is 0.884. The number of aromatic nitrogens is 1. The lowest BCUT2D eigenvalue weighted by atomic mass is 10.2. The van der Waals surface area contributed by atoms with Crippen LogP contribution in [0.3, 0.4) is 0 Å². The molecule has 4 nitrogen and oxygen atoms in total. The molecule has 22 heavy (non-hydrogen) atoms. The lowest BCUT2D eigenvalue weighted by Crippen LogP contribution is -2.48. The molecule has 1 aliphatic heterocycles. The van der Waals surface area contributed by atoms with E-state index in [4.69, 9.17) is 11.6 Å². The third kappa shape index (κ3) is 3.72. The molecule has 2 aromatic rings. The summed E-state index contributed by atoms with van der Waals surface area (Å²) in [6, 6.07) is 9.76. The van der Waals surface area contributed by atoms with Gasteiger partial charge in [0, 0.05) is 48.4 Å². The molecule has 0 spiro atoms. The fraction of sp³-hybridized carbons (Fsp3) is 0.312. The number of carbonyl (C=O) groups excluding carboxylic acids is 1. The number of hydrogen-bond donors (Lipinski definition) is 1. The number of aromatic amines is 1. The second kappa shape index (κ2) is 6.86. The minimum absolute atomic E-state index is 0.0665. The smallest absolute Gasteiger partial charge is 0.270 e. The van der Waals surface area contributed by atoms with E-state index < -0.39 is 0 Å². The molecule has 116 valence electrons. The van der Waals surface area contributed by atoms with Gasteiger partial charge in [-0.25, -0.2) is 0 Å². The normalized spacial score (nSPS) is 16.0. The number of H-pyrrole nitrogens is 1. The monoisotopic (exact) mass is 381 g/mol. The van der Waals surface area contributed by atoms with Gasteiger partial charge in [-0.15, -0.1) is 0 Å². The van der Waals surface area contributed by atoms with Crippen LogP contribution in [-0.2, 0) is 6.54 Å². The average Bonchev–Trinajstić information content (AvgIpc) is 2.96. The van der Waals surface area contributed by atoms with Crippen LogP contribution in [0.25, 0.3) is 0 Å². The van der Waals surface area contributed by atoms with Gasteiger partial charge in [-0.05, 0) is 39.7 Å². The Hall–Kier alpha value is -1.30. The highest BCUT2D eigenvalue weighted by atomic mass is 79.9. The van der Waals surface area contributed by atoms with Crippen molar-refractivity contribution in [3.63, 3.8) is 0 Å². The molecule has 0 bridgehead atoms. The van der Waals surface area contributed by atoms with Gasteiger partial charge in [0.05, 0.1) is 0 Å². The average molecular weight is 383 g/mol. The third-order valence-electron chi connectivity index (χ3n) is 3.86. The van der Waals surface area contributed by atoms with Crippen LogP contribution in [0.1, 0.15) is 16.1 Å². The predicted octanol–water partition coefficient (Wildman–Crippen LogP) is 3.39. The zero-order valence-electron chi connectivity index (χ0n) is 12.1. The van der Waals surface area contributed by atoms with Gasteiger partial charge < -0.3 is 9.88 Å². The van der Waals surface area contributed by atoms with Crippen molar-refractivity contribution in [3.05, 3.63) is 57.3 Å². The largest absolute Gasteiger partial charge is 0.356 e. The van der Waals surface area contributed by atoms with Crippen molar-refractivity contribution in [2.45, 2.75) is 6.54 Å². The van der Waals surface area contributed by atoms with Gasteiger partial charge >= 0.3 is 0 Å². The van der Waals surface area contributed by atoms with Crippen molar-refractivity contribution in [2.24, 2.45) is 0 Å². The molecule has 1 aromatic heterocycles. The summed E-state index contributed by atoms with van der Waals surface area (Å²) in [4.78, 5) is 19.6. The summed E-state index contributed by atoms with van der Waals surface area (Å²) in [5.74, 6) is 0.0665. The number of carbonyl (C=O) groups is 1. The van der Waals surface area contributed by atoms with Crippen molar-refractivity contribution >= 4 is 33.4 Å². The van der Waals surface area contributed by atoms with Crippen LogP contribution < -0.4 is 0 Å². The second-order valence-electron chi connectivity index (χ2n) is 5.43. The molecule has 0 unspecified atom stereocenters. The molecule has 1 aliphatic rings. The first kappa shape index (κ1) is 15.6. The summed E-state index contributed by atoms with van der Waals surface area (Å²) in [7, 11) is 0. The first-order valence-electron chi connectivity index (χ1n) is 7.22. The van der Waals surface area contributed by atoms with Crippen LogP contribution in [0.4, 0.5) is 0 Å². The molecule has 0 aliphatic carbocycles. The Labute approximate surface area is 143 Å². The van der Waals surface area contributed by atoms with Gasteiger partial charge in [0.1, 0.15) is 5.69 Å². The summed E-state index contributed by atoms with van der Waals surface area (Å²) >= 11 is 9.26. The predicted molar refractivity (Wildman–Crippen MR) is 91.1 cm³/mol. The number of nitrogens with zero attached hydrogens (tertiary/aromatic N) is 2. The maximum absolute atomic E-state index is 12.4. The maximum Gasteiger partial charge on any atom is 0.270 e. The number of halogens is 2. The fourth-order valence-corrected chi connectivity index (χ4v) is 3.09. The molecular formula is C16H17BrClN3O. The minimum Gasteiger partial charge on any atom is -0.356 e. The SMILES string of the molecule is O=C(c1cc(Br)c[nH]1)N1CCN(Cc2ccc(Cl)cc2)CC1. The Balaban J connectivity index is 1.54. The van der Waals surface area contributed by atoms with Crippen LogP contribution in [-0.4, -0.2) is 46.9 Å². The summed E-state index contributed by atoms with van der Waals surface area (Å²) < 4.78 is 0.900. The fourth-order valence-electron chi connectivity index (χ4n) is 2.62. The van der Waals surface area contributed by atoms with Gasteiger partial charge in [-0.2, -0.15) is 0 Å². The van der Waals surface area contributed by atoms with E-state index in [9.17, 15) is 4.79 Å². The minimum atomic E-state index is 0.0665. The Kier molecular flexibility index (Phi) is 4.86. The van der Waals surface area contributed by atoms with Crippen LogP contribution >= 0.6 is 27.5 Å². The van der Waals surface area contributed by atoms with Crippen molar-refractivity contribution in [2.75, 3.05) is 26.2 Å². The number of benzene rings is 1. The summed E-state index contributed by atoms with van der Waals surface area (Å²) in [6.45, 7) is 4.17. The summed E-state index contributed by atoms with van der Waals surface area (Å²) in [6.07, 6.45) is 1.78. The lowest BCUT2D eigenvalue weighted by Gasteiger charge is -2.34. The van der Waals surface area contributed by atoms with Crippen molar-refractivity contribution < 1.29 is 4.79 Å². The lowest BCUT2D eigenvalue weighted by molar-refractivity contribution is 0.0623. The zero-order valence-corrected chi connectivity index (χ0v) is 14.4. The topological polar surface area (TPSA) is 39.3 Å². The molecule has 0 saturated carbocycles. The highest BCUT2D eigenvalue weighted by Crippen LogP contribution is 2.15. The van der Waals surface area contributed by atoms with Crippen molar-refractivity contribution in [1.82, 2.24) is 14.8 Å². The first-order chi connectivity index (χ1) is 10.6. The zero-order chi connectivity index (χ0) is 15.5. The second-order valence-corrected chi connectivity index (χ2v) is 6.78. The molecule has 0 radical (unpaired) electrons. The van der Waals surface area contributed by atoms with Gasteiger partial charge in [-0.3, -0.25) is 9.69 Å². The van der Waals surface area contributed by atoms with Gasteiger partial charge in [0.2, 0.25) is 0 Å². The standard InChI is InChI=1S/C16H17BrClN3O/c17-13-9-15(19-10-13)16(22)21-7-5-20(6-8-21)11-12-1-3-14(18)4-2-12/h1-4,9-10,19H,5-8,11H2. The molecule has 1 aromatic carbocycles. The van der Waals surface area contributed by atoms with E-state index in [0.717, 1.165) is 42.2 Å². The number of nitrogens with one attached hydrogen (secondary N) is 1. The van der Waals surface area contributed by atoms with E-state index in [1.807, 2.05) is 23.1 Å². The number of hydrogen-bond acceptors (Lipinski definition) is 2. The van der Waals surface area contributed by atoms with E-state index in [1.54, 1.807) is 6.20 Å². The van der Waals surface area contributed by atoms with Crippen LogP contribution in [0.15, 0.2) is 41.0 Å². The van der Waals surface area contributed by atoms with Crippen molar-refractivity contribution in [1.29, 1.82) is 0 Å². The Morgan fingerprint density at radius 2 is 1.86 bits per heavy atom. The number of rotatable bonds is 3. The van der Waals surface area contributed by atoms with E-state index in [-0.39, 0.29) is 5.91 Å². The highest BCUT2D eigenvalue weighted by molar-refractivity contribution is 9.10. The molecule has 1 saturated heterocycles. The van der Waals surface area contributed by atoms with Gasteiger partial charge in [0.25, 0.3) is 5.91 Å². The highest BCUT2D eigenvalue weighted by Gasteiger charge is 2.22. The molecule has 6 heteroatoms. The molecule has 0 atom stereocenters. The third-order valence-corrected chi connectivity index (χ3v) is 4.57. The molecule has 3 rings (SSSR count). The molecule has 1 amide bonds. The van der Waals surface area contributed by atoms with Gasteiger partial charge in [0.15, 0.2) is 0 Å². The first-order valence-corrected chi connectivity index (χ1v) is 8.39. The van der Waals surface area contributed by atoms with Gasteiger partial charge in [-0.1, -0.05) is 23.7 Å². The molecule has 1 fully saturated rings. The molecule has 1 N–H and O–H groups in total. The molecular weight excluding hydrogens is 366 g/mol. The Bertz CT molecular complexity index is 648. The number of piperazine rings is 1. The van der Waals surface area contributed by atoms with Crippen LogP contribution in [0, 0.1) is 0 Å². The summed E-state index contributed by atoms with van der Waals surface area (Å²) in [5.41, 5.74) is 1.88. The van der Waals surface area contributed by atoms with E-state index in [0.29, 0.717) is 5.69 Å². The molecule has 2 heterocycles. The van der Waals surface area contributed by atoms with E-state index in [1.165, 1.54) is 5.56 Å². The van der Waals surface area contributed by atoms with E-state index in [2.05, 4.69) is 37.9 Å². The van der Waals surface area contributed by atoms with Crippen LogP contribution in [0.5, 0.6) is 0 Å².